The van der Waals surface area contributed by atoms with Gasteiger partial charge in [-0.15, -0.1) is 0 Å². The highest BCUT2D eigenvalue weighted by molar-refractivity contribution is 7.46. The van der Waals surface area contributed by atoms with Crippen molar-refractivity contribution < 1.29 is 23.4 Å². The van der Waals surface area contributed by atoms with Gasteiger partial charge in [-0.25, -0.2) is 4.57 Å². The molecule has 0 fully saturated rings. The average Bonchev–Trinajstić information content (AvgIpc) is 2.35. The van der Waals surface area contributed by atoms with Crippen molar-refractivity contribution in [3.05, 3.63) is 0 Å². The third-order valence-electron chi connectivity index (χ3n) is 3.82. The van der Waals surface area contributed by atoms with E-state index in [9.17, 15) is 4.57 Å². The number of phosphoric ester groups is 1. The van der Waals surface area contributed by atoms with Gasteiger partial charge in [0.05, 0.1) is 20.6 Å². The van der Waals surface area contributed by atoms with Crippen molar-refractivity contribution in [1.29, 1.82) is 0 Å². The highest BCUT2D eigenvalue weighted by Gasteiger charge is 2.19. The van der Waals surface area contributed by atoms with Crippen LogP contribution in [0.1, 0.15) is 64.7 Å². The standard InChI is InChI=1S/C15H34NO4P/c1-4-5-6-7-8-9-10-11-12-13-16(2,3)14-15-20-21(17,18)19/h4-15H2,1-3H3,(H-,17,18,19)/p+1. The van der Waals surface area contributed by atoms with Gasteiger partial charge in [0.25, 0.3) is 0 Å². The van der Waals surface area contributed by atoms with Gasteiger partial charge in [-0.05, 0) is 12.8 Å². The lowest BCUT2D eigenvalue weighted by Gasteiger charge is -2.29. The summed E-state index contributed by atoms with van der Waals surface area (Å²) >= 11 is 0. The summed E-state index contributed by atoms with van der Waals surface area (Å²) in [7, 11) is -0.160. The Bertz CT molecular complexity index is 291. The summed E-state index contributed by atoms with van der Waals surface area (Å²) in [4.78, 5) is 17.3. The Morgan fingerprint density at radius 2 is 1.33 bits per heavy atom. The summed E-state index contributed by atoms with van der Waals surface area (Å²) in [5, 5.41) is 0. The van der Waals surface area contributed by atoms with Crippen LogP contribution in [0.2, 0.25) is 0 Å². The Kier molecular flexibility index (Phi) is 11.7. The zero-order valence-electron chi connectivity index (χ0n) is 14.1. The number of hydrogen-bond acceptors (Lipinski definition) is 2. The van der Waals surface area contributed by atoms with Crippen molar-refractivity contribution in [1.82, 2.24) is 0 Å². The maximum Gasteiger partial charge on any atom is 0.469 e. The smallest absolute Gasteiger partial charge is 0.327 e. The van der Waals surface area contributed by atoms with Crippen molar-refractivity contribution in [3.63, 3.8) is 0 Å². The van der Waals surface area contributed by atoms with E-state index < -0.39 is 7.82 Å². The molecule has 0 unspecified atom stereocenters. The summed E-state index contributed by atoms with van der Waals surface area (Å²) in [6, 6.07) is 0. The van der Waals surface area contributed by atoms with E-state index in [1.54, 1.807) is 0 Å². The molecule has 0 aromatic heterocycles. The number of nitrogens with zero attached hydrogens (tertiary/aromatic N) is 1. The first kappa shape index (κ1) is 21.1. The van der Waals surface area contributed by atoms with E-state index in [0.29, 0.717) is 6.54 Å². The molecule has 0 bridgehead atoms. The van der Waals surface area contributed by atoms with Crippen LogP contribution in [0, 0.1) is 0 Å². The molecule has 0 amide bonds. The molecular formula is C15H35NO4P+. The van der Waals surface area contributed by atoms with E-state index in [1.165, 1.54) is 51.4 Å². The van der Waals surface area contributed by atoms with E-state index in [4.69, 9.17) is 9.79 Å². The highest BCUT2D eigenvalue weighted by atomic mass is 31.2. The fraction of sp³-hybridized carbons (Fsp3) is 1.00. The lowest BCUT2D eigenvalue weighted by atomic mass is 10.1. The monoisotopic (exact) mass is 324 g/mol. The van der Waals surface area contributed by atoms with E-state index in [0.717, 1.165) is 17.4 Å². The molecule has 6 heteroatoms. The number of hydrogen-bond donors (Lipinski definition) is 2. The van der Waals surface area contributed by atoms with E-state index in [2.05, 4.69) is 25.5 Å². The van der Waals surface area contributed by atoms with Gasteiger partial charge >= 0.3 is 7.82 Å². The Balaban J connectivity index is 3.46. The third-order valence-corrected chi connectivity index (χ3v) is 4.34. The second-order valence-electron chi connectivity index (χ2n) is 6.54. The molecule has 0 spiro atoms. The SMILES string of the molecule is CCCCCCCCCCC[N+](C)(C)CCOP(=O)(O)O. The number of phosphoric acid groups is 1. The summed E-state index contributed by atoms with van der Waals surface area (Å²) in [5.41, 5.74) is 0. The maximum atomic E-state index is 10.6. The van der Waals surface area contributed by atoms with Crippen LogP contribution in [0.4, 0.5) is 0 Å². The molecule has 0 saturated heterocycles. The molecule has 0 atom stereocenters. The number of quaternary nitrogens is 1. The predicted molar refractivity (Wildman–Crippen MR) is 87.1 cm³/mol. The number of unbranched alkanes of at least 4 members (excludes halogenated alkanes) is 8. The zero-order valence-corrected chi connectivity index (χ0v) is 15.0. The Labute approximate surface area is 130 Å². The van der Waals surface area contributed by atoms with Crippen LogP contribution < -0.4 is 0 Å². The van der Waals surface area contributed by atoms with Gasteiger partial charge in [0.2, 0.25) is 0 Å². The van der Waals surface area contributed by atoms with Crippen LogP contribution in [0.15, 0.2) is 0 Å². The molecule has 0 aromatic carbocycles. The molecule has 0 radical (unpaired) electrons. The Hall–Kier alpha value is 0.0700. The zero-order chi connectivity index (χ0) is 16.2. The minimum absolute atomic E-state index is 0.106. The molecule has 0 aromatic rings. The second-order valence-corrected chi connectivity index (χ2v) is 7.77. The van der Waals surface area contributed by atoms with Crippen molar-refractivity contribution in [2.24, 2.45) is 0 Å². The molecule has 5 nitrogen and oxygen atoms in total. The number of rotatable bonds is 14. The van der Waals surface area contributed by atoms with Crippen molar-refractivity contribution >= 4 is 7.82 Å². The molecule has 21 heavy (non-hydrogen) atoms. The lowest BCUT2D eigenvalue weighted by molar-refractivity contribution is -0.890. The third kappa shape index (κ3) is 16.3. The molecule has 2 N–H and O–H groups in total. The second kappa shape index (κ2) is 11.6. The minimum Gasteiger partial charge on any atom is -0.327 e. The molecule has 0 heterocycles. The van der Waals surface area contributed by atoms with Crippen LogP contribution >= 0.6 is 7.82 Å². The van der Waals surface area contributed by atoms with Gasteiger partial charge in [0.15, 0.2) is 0 Å². The van der Waals surface area contributed by atoms with Crippen LogP contribution in [0.25, 0.3) is 0 Å². The van der Waals surface area contributed by atoms with Gasteiger partial charge in [-0.2, -0.15) is 0 Å². The largest absolute Gasteiger partial charge is 0.469 e. The predicted octanol–water partition coefficient (Wildman–Crippen LogP) is 3.70. The fourth-order valence-corrected chi connectivity index (χ4v) is 2.69. The summed E-state index contributed by atoms with van der Waals surface area (Å²) in [6.45, 7) is 4.00. The maximum absolute atomic E-state index is 10.6. The minimum atomic E-state index is -4.31. The van der Waals surface area contributed by atoms with Crippen LogP contribution in [-0.4, -0.2) is 48.1 Å². The molecule has 128 valence electrons. The Morgan fingerprint density at radius 3 is 1.81 bits per heavy atom. The van der Waals surface area contributed by atoms with Gasteiger partial charge in [0, 0.05) is 0 Å². The number of likely N-dealkylation sites (N-methyl/N-ethyl adjacent to an activating group) is 1. The van der Waals surface area contributed by atoms with Crippen molar-refractivity contribution in [3.8, 4) is 0 Å². The summed E-state index contributed by atoms with van der Waals surface area (Å²) in [5.74, 6) is 0. The highest BCUT2D eigenvalue weighted by Crippen LogP contribution is 2.35. The van der Waals surface area contributed by atoms with E-state index >= 15 is 0 Å². The molecule has 0 saturated carbocycles. The Morgan fingerprint density at radius 1 is 0.857 bits per heavy atom. The topological polar surface area (TPSA) is 66.8 Å². The lowest BCUT2D eigenvalue weighted by Crippen LogP contribution is -2.42. The van der Waals surface area contributed by atoms with Crippen LogP contribution in [-0.2, 0) is 9.09 Å². The molecular weight excluding hydrogens is 289 g/mol. The normalized spacial score (nSPS) is 12.8. The van der Waals surface area contributed by atoms with Gasteiger partial charge in [-0.3, -0.25) is 4.52 Å². The first-order chi connectivity index (χ1) is 9.77. The first-order valence-electron chi connectivity index (χ1n) is 8.29. The van der Waals surface area contributed by atoms with Gasteiger partial charge in [-0.1, -0.05) is 51.9 Å². The van der Waals surface area contributed by atoms with E-state index in [1.807, 2.05) is 0 Å². The van der Waals surface area contributed by atoms with E-state index in [-0.39, 0.29) is 6.61 Å². The molecule has 0 aliphatic carbocycles. The van der Waals surface area contributed by atoms with Crippen LogP contribution in [0.3, 0.4) is 0 Å². The molecule has 0 aliphatic rings. The van der Waals surface area contributed by atoms with Crippen molar-refractivity contribution in [2.45, 2.75) is 64.7 Å². The van der Waals surface area contributed by atoms with Crippen LogP contribution in [0.5, 0.6) is 0 Å². The van der Waals surface area contributed by atoms with Gasteiger partial charge < -0.3 is 14.3 Å². The van der Waals surface area contributed by atoms with Gasteiger partial charge in [0.1, 0.15) is 13.2 Å². The first-order valence-corrected chi connectivity index (χ1v) is 9.82. The molecule has 0 rings (SSSR count). The average molecular weight is 324 g/mol. The van der Waals surface area contributed by atoms with Crippen molar-refractivity contribution in [2.75, 3.05) is 33.8 Å². The fourth-order valence-electron chi connectivity index (χ4n) is 2.37. The molecule has 0 aliphatic heterocycles. The quantitative estimate of drug-likeness (QED) is 0.290. The summed E-state index contributed by atoms with van der Waals surface area (Å²) < 4.78 is 15.9. The summed E-state index contributed by atoms with van der Waals surface area (Å²) in [6.07, 6.45) is 11.8.